The maximum Gasteiger partial charge on any atom is 0.163 e. The molecule has 0 spiro atoms. The molecule has 3 nitrogen and oxygen atoms in total. The maximum absolute atomic E-state index is 11.8. The Kier molecular flexibility index (Phi) is 18.9. The zero-order chi connectivity index (χ0) is 20.4. The molecule has 0 aromatic heterocycles. The number of nitrogens with one attached hydrogen (secondary N) is 1. The van der Waals surface area contributed by atoms with E-state index in [2.05, 4.69) is 24.5 Å². The van der Waals surface area contributed by atoms with Crippen molar-refractivity contribution in [1.29, 1.82) is 0 Å². The Morgan fingerprint density at radius 2 is 1.50 bits per heavy atom. The fourth-order valence-corrected chi connectivity index (χ4v) is 2.40. The van der Waals surface area contributed by atoms with Gasteiger partial charge in [0.25, 0.3) is 0 Å². The molecule has 0 aliphatic carbocycles. The van der Waals surface area contributed by atoms with Gasteiger partial charge in [0.1, 0.15) is 0 Å². The third-order valence-electron chi connectivity index (χ3n) is 3.34. The Morgan fingerprint density at radius 3 is 1.96 bits per heavy atom. The third-order valence-corrected chi connectivity index (χ3v) is 3.78. The molecule has 0 bridgehead atoms. The van der Waals surface area contributed by atoms with Crippen LogP contribution in [0.5, 0.6) is 0 Å². The highest BCUT2D eigenvalue weighted by molar-refractivity contribution is 7.81. The monoisotopic (exact) mass is 395 g/mol. The van der Waals surface area contributed by atoms with Crippen molar-refractivity contribution in [3.05, 3.63) is 35.4 Å². The molecule has 0 heterocycles. The van der Waals surface area contributed by atoms with E-state index in [1.165, 1.54) is 18.8 Å². The van der Waals surface area contributed by atoms with Gasteiger partial charge in [-0.15, -0.1) is 0 Å². The number of thiocarbonyl (C=S) groups is 2. The predicted molar refractivity (Wildman–Crippen MR) is 121 cm³/mol. The summed E-state index contributed by atoms with van der Waals surface area (Å²) >= 11 is 9.46. The first kappa shape index (κ1) is 26.8. The minimum Gasteiger partial charge on any atom is -0.347 e. The van der Waals surface area contributed by atoms with Crippen molar-refractivity contribution < 1.29 is 9.59 Å². The molecule has 26 heavy (non-hydrogen) atoms. The molecule has 0 atom stereocenters. The lowest BCUT2D eigenvalue weighted by Gasteiger charge is -2.04. The van der Waals surface area contributed by atoms with Crippen LogP contribution in [-0.4, -0.2) is 22.0 Å². The van der Waals surface area contributed by atoms with Gasteiger partial charge in [-0.3, -0.25) is 9.59 Å². The van der Waals surface area contributed by atoms with Gasteiger partial charge in [0.2, 0.25) is 0 Å². The van der Waals surface area contributed by atoms with Crippen molar-refractivity contribution >= 4 is 46.5 Å². The molecule has 146 valence electrons. The van der Waals surface area contributed by atoms with Crippen LogP contribution in [0.1, 0.15) is 93.9 Å². The Balaban J connectivity index is 0. The van der Waals surface area contributed by atoms with Gasteiger partial charge < -0.3 is 5.32 Å². The van der Waals surface area contributed by atoms with Crippen LogP contribution in [0.15, 0.2) is 24.3 Å². The molecule has 0 saturated carbocycles. The smallest absolute Gasteiger partial charge is 0.163 e. The standard InChI is InChI=1S/C13H16O2.C6H11NS2.C2H6/c1-3-4-9-13(15)12-8-6-5-7-11(12)10(2)14;1-2-3-4-6(9)7-5-8;1-2/h5-8H,3-4,9H2,1-2H3;5H,2-4H2,1H3,(H,7,8,9);1-2H3. The normalized spacial score (nSPS) is 8.96. The molecule has 0 radical (unpaired) electrons. The van der Waals surface area contributed by atoms with Crippen molar-refractivity contribution in [1.82, 2.24) is 5.32 Å². The van der Waals surface area contributed by atoms with Crippen molar-refractivity contribution in [3.63, 3.8) is 0 Å². The van der Waals surface area contributed by atoms with Gasteiger partial charge in [-0.05, 0) is 26.2 Å². The Morgan fingerprint density at radius 1 is 1.00 bits per heavy atom. The second kappa shape index (κ2) is 18.3. The van der Waals surface area contributed by atoms with Crippen LogP contribution in [0, 0.1) is 0 Å². The third kappa shape index (κ3) is 12.8. The summed E-state index contributed by atoms with van der Waals surface area (Å²) in [7, 11) is 0. The Bertz CT molecular complexity index is 557. The van der Waals surface area contributed by atoms with Crippen LogP contribution >= 0.6 is 24.4 Å². The van der Waals surface area contributed by atoms with Crippen LogP contribution in [0.3, 0.4) is 0 Å². The summed E-state index contributed by atoms with van der Waals surface area (Å²) in [6.07, 6.45) is 5.69. The van der Waals surface area contributed by atoms with Gasteiger partial charge in [-0.2, -0.15) is 0 Å². The van der Waals surface area contributed by atoms with Crippen molar-refractivity contribution in [3.8, 4) is 0 Å². The average Bonchev–Trinajstić information content (AvgIpc) is 2.66. The highest BCUT2D eigenvalue weighted by Crippen LogP contribution is 2.13. The number of hydrogen-bond donors (Lipinski definition) is 1. The number of carbonyl (C=O) groups is 2. The van der Waals surface area contributed by atoms with E-state index < -0.39 is 0 Å². The number of benzene rings is 1. The van der Waals surface area contributed by atoms with E-state index in [9.17, 15) is 9.59 Å². The van der Waals surface area contributed by atoms with Gasteiger partial charge >= 0.3 is 0 Å². The minimum absolute atomic E-state index is 0.0459. The quantitative estimate of drug-likeness (QED) is 0.390. The van der Waals surface area contributed by atoms with Crippen LogP contribution in [0.25, 0.3) is 0 Å². The van der Waals surface area contributed by atoms with E-state index in [0.29, 0.717) is 17.5 Å². The highest BCUT2D eigenvalue weighted by atomic mass is 32.1. The number of hydrogen-bond acceptors (Lipinski definition) is 4. The van der Waals surface area contributed by atoms with E-state index in [4.69, 9.17) is 12.2 Å². The fourth-order valence-electron chi connectivity index (χ4n) is 1.98. The molecule has 0 aliphatic heterocycles. The average molecular weight is 396 g/mol. The van der Waals surface area contributed by atoms with E-state index in [-0.39, 0.29) is 11.6 Å². The topological polar surface area (TPSA) is 46.2 Å². The van der Waals surface area contributed by atoms with E-state index in [0.717, 1.165) is 30.7 Å². The molecule has 0 aliphatic rings. The number of carbonyl (C=O) groups excluding carboxylic acids is 2. The summed E-state index contributed by atoms with van der Waals surface area (Å²) in [5, 5.41) is 2.80. The highest BCUT2D eigenvalue weighted by Gasteiger charge is 2.12. The molecule has 0 unspecified atom stereocenters. The van der Waals surface area contributed by atoms with Gasteiger partial charge in [0, 0.05) is 17.5 Å². The van der Waals surface area contributed by atoms with E-state index >= 15 is 0 Å². The Hall–Kier alpha value is -1.46. The summed E-state index contributed by atoms with van der Waals surface area (Å²) in [6.45, 7) is 9.68. The van der Waals surface area contributed by atoms with Crippen LogP contribution < -0.4 is 5.32 Å². The largest absolute Gasteiger partial charge is 0.347 e. The molecule has 0 saturated heterocycles. The van der Waals surface area contributed by atoms with Gasteiger partial charge in [-0.1, -0.05) is 89.2 Å². The molecular formula is C21H33NO2S2. The maximum atomic E-state index is 11.8. The molecule has 1 aromatic rings. The van der Waals surface area contributed by atoms with Crippen LogP contribution in [0.2, 0.25) is 0 Å². The number of Topliss-reactive ketones (excluding diaryl/α,β-unsaturated/α-hetero) is 2. The molecule has 1 N–H and O–H groups in total. The first-order chi connectivity index (χ1) is 12.5. The van der Waals surface area contributed by atoms with Gasteiger partial charge in [0.05, 0.1) is 10.5 Å². The van der Waals surface area contributed by atoms with E-state index in [1.54, 1.807) is 24.3 Å². The summed E-state index contributed by atoms with van der Waals surface area (Å²) in [5.74, 6) is 0.0260. The first-order valence-electron chi connectivity index (χ1n) is 9.34. The molecule has 0 fully saturated rings. The number of rotatable bonds is 9. The summed E-state index contributed by atoms with van der Waals surface area (Å²) in [6, 6.07) is 7.02. The van der Waals surface area contributed by atoms with Crippen LogP contribution in [0.4, 0.5) is 0 Å². The second-order valence-corrected chi connectivity index (χ2v) is 6.15. The van der Waals surface area contributed by atoms with Crippen LogP contribution in [-0.2, 0) is 0 Å². The second-order valence-electron chi connectivity index (χ2n) is 5.42. The zero-order valence-electron chi connectivity index (χ0n) is 16.8. The van der Waals surface area contributed by atoms with Crippen molar-refractivity contribution in [2.24, 2.45) is 0 Å². The molecule has 5 heteroatoms. The molecular weight excluding hydrogens is 362 g/mol. The Labute approximate surface area is 170 Å². The lowest BCUT2D eigenvalue weighted by molar-refractivity contribution is 0.0959. The van der Waals surface area contributed by atoms with Crippen molar-refractivity contribution in [2.45, 2.75) is 73.1 Å². The van der Waals surface area contributed by atoms with Gasteiger partial charge in [-0.25, -0.2) is 0 Å². The summed E-state index contributed by atoms with van der Waals surface area (Å²) in [5.41, 5.74) is 2.56. The van der Waals surface area contributed by atoms with Crippen molar-refractivity contribution in [2.75, 3.05) is 0 Å². The zero-order valence-corrected chi connectivity index (χ0v) is 18.4. The fraction of sp³-hybridized carbons (Fsp3) is 0.524. The first-order valence-corrected chi connectivity index (χ1v) is 10.2. The predicted octanol–water partition coefficient (Wildman–Crippen LogP) is 6.34. The number of unbranched alkanes of at least 4 members (excludes halogenated alkanes) is 2. The summed E-state index contributed by atoms with van der Waals surface area (Å²) in [4.78, 5) is 23.9. The lowest BCUT2D eigenvalue weighted by atomic mass is 9.98. The summed E-state index contributed by atoms with van der Waals surface area (Å²) < 4.78 is 0. The van der Waals surface area contributed by atoms with Gasteiger partial charge in [0.15, 0.2) is 11.6 Å². The lowest BCUT2D eigenvalue weighted by Crippen LogP contribution is -2.17. The van der Waals surface area contributed by atoms with E-state index in [1.807, 2.05) is 20.8 Å². The molecule has 0 amide bonds. The number of ketones is 2. The molecule has 1 rings (SSSR count). The molecule has 1 aromatic carbocycles. The SMILES string of the molecule is CC.CCCCC(=O)c1ccccc1C(C)=O.CCCCC(=S)NC=S. The minimum atomic E-state index is -0.0459.